The molecule has 0 bridgehead atoms. The summed E-state index contributed by atoms with van der Waals surface area (Å²) in [6.07, 6.45) is 5.02. The lowest BCUT2D eigenvalue weighted by Gasteiger charge is -2.27. The third-order valence-electron chi connectivity index (χ3n) is 3.72. The van der Waals surface area contributed by atoms with Crippen LogP contribution in [0.4, 0.5) is 5.69 Å². The van der Waals surface area contributed by atoms with Gasteiger partial charge in [-0.3, -0.25) is 0 Å². The van der Waals surface area contributed by atoms with Crippen LogP contribution in [0.25, 0.3) is 0 Å². The first-order chi connectivity index (χ1) is 9.76. The van der Waals surface area contributed by atoms with Gasteiger partial charge in [-0.1, -0.05) is 22.0 Å². The van der Waals surface area contributed by atoms with Gasteiger partial charge in [-0.15, -0.1) is 0 Å². The van der Waals surface area contributed by atoms with Crippen molar-refractivity contribution in [2.24, 2.45) is 0 Å². The van der Waals surface area contributed by atoms with Crippen LogP contribution in [0.3, 0.4) is 0 Å². The lowest BCUT2D eigenvalue weighted by Crippen LogP contribution is -2.27. The van der Waals surface area contributed by atoms with Crippen molar-refractivity contribution < 1.29 is 4.74 Å². The molecule has 0 amide bonds. The molecule has 1 aliphatic rings. The number of pyridine rings is 1. The van der Waals surface area contributed by atoms with Gasteiger partial charge in [0.25, 0.3) is 0 Å². The quantitative estimate of drug-likeness (QED) is 0.927. The van der Waals surface area contributed by atoms with Gasteiger partial charge in [0.1, 0.15) is 0 Å². The van der Waals surface area contributed by atoms with Gasteiger partial charge in [0, 0.05) is 16.7 Å². The van der Waals surface area contributed by atoms with E-state index in [-0.39, 0.29) is 0 Å². The third kappa shape index (κ3) is 2.80. The summed E-state index contributed by atoms with van der Waals surface area (Å²) in [5.41, 5.74) is 3.86. The van der Waals surface area contributed by atoms with Crippen LogP contribution in [0.2, 0.25) is 0 Å². The molecule has 3 nitrogen and oxygen atoms in total. The molecule has 1 aromatic carbocycles. The van der Waals surface area contributed by atoms with Crippen LogP contribution < -0.4 is 10.1 Å². The first-order valence-corrected chi connectivity index (χ1v) is 7.58. The van der Waals surface area contributed by atoms with Gasteiger partial charge in [-0.05, 0) is 54.7 Å². The van der Waals surface area contributed by atoms with Gasteiger partial charge in [0.15, 0.2) is 0 Å². The predicted molar refractivity (Wildman–Crippen MR) is 84.4 cm³/mol. The molecule has 0 aliphatic heterocycles. The zero-order valence-electron chi connectivity index (χ0n) is 11.4. The molecule has 1 atom stereocenters. The highest BCUT2D eigenvalue weighted by molar-refractivity contribution is 9.10. The van der Waals surface area contributed by atoms with Crippen LogP contribution in [0.5, 0.6) is 5.88 Å². The number of anilines is 1. The maximum absolute atomic E-state index is 5.29. The molecule has 1 aliphatic carbocycles. The topological polar surface area (TPSA) is 34.1 Å². The fraction of sp³-hybridized carbons (Fsp3) is 0.312. The van der Waals surface area contributed by atoms with Gasteiger partial charge < -0.3 is 10.1 Å². The molecule has 0 fully saturated rings. The van der Waals surface area contributed by atoms with E-state index < -0.39 is 0 Å². The zero-order chi connectivity index (χ0) is 13.9. The molecule has 20 heavy (non-hydrogen) atoms. The number of rotatable bonds is 3. The van der Waals surface area contributed by atoms with Gasteiger partial charge in [-0.25, -0.2) is 4.98 Å². The molecule has 1 unspecified atom stereocenters. The largest absolute Gasteiger partial charge is 0.480 e. The lowest BCUT2D eigenvalue weighted by atomic mass is 9.88. The van der Waals surface area contributed by atoms with Gasteiger partial charge >= 0.3 is 0 Å². The molecule has 4 heteroatoms. The Bertz CT molecular complexity index is 615. The minimum Gasteiger partial charge on any atom is -0.480 e. The number of aryl methyl sites for hydroxylation is 1. The Labute approximate surface area is 127 Å². The molecule has 1 N–H and O–H groups in total. The van der Waals surface area contributed by atoms with E-state index >= 15 is 0 Å². The number of methoxy groups -OCH3 is 1. The van der Waals surface area contributed by atoms with E-state index in [2.05, 4.69) is 44.4 Å². The number of halogens is 1. The van der Waals surface area contributed by atoms with Crippen molar-refractivity contribution in [2.75, 3.05) is 12.4 Å². The van der Waals surface area contributed by atoms with Crippen molar-refractivity contribution >= 4 is 21.6 Å². The molecule has 0 spiro atoms. The predicted octanol–water partition coefficient (Wildman–Crippen LogP) is 3.82. The van der Waals surface area contributed by atoms with E-state index in [1.54, 1.807) is 13.3 Å². The van der Waals surface area contributed by atoms with E-state index in [4.69, 9.17) is 4.74 Å². The number of fused-ring (bicyclic) bond motifs is 1. The number of nitrogens with one attached hydrogen (secondary N) is 1. The first-order valence-electron chi connectivity index (χ1n) is 6.79. The second kappa shape index (κ2) is 5.83. The van der Waals surface area contributed by atoms with Crippen molar-refractivity contribution in [1.82, 2.24) is 4.98 Å². The molecule has 1 heterocycles. The Hall–Kier alpha value is -1.55. The second-order valence-corrected chi connectivity index (χ2v) is 5.97. The van der Waals surface area contributed by atoms with Crippen LogP contribution in [0.15, 0.2) is 41.0 Å². The first kappa shape index (κ1) is 13.4. The van der Waals surface area contributed by atoms with Crippen LogP contribution in [-0.2, 0) is 12.8 Å². The Balaban J connectivity index is 1.76. The van der Waals surface area contributed by atoms with E-state index in [0.717, 1.165) is 29.4 Å². The third-order valence-corrected chi connectivity index (χ3v) is 4.21. The number of hydrogen-bond donors (Lipinski definition) is 1. The van der Waals surface area contributed by atoms with Crippen molar-refractivity contribution in [3.63, 3.8) is 0 Å². The van der Waals surface area contributed by atoms with Gasteiger partial charge in [0.05, 0.1) is 12.8 Å². The van der Waals surface area contributed by atoms with E-state index in [1.807, 2.05) is 12.1 Å². The highest BCUT2D eigenvalue weighted by atomic mass is 79.9. The normalized spacial score (nSPS) is 17.4. The summed E-state index contributed by atoms with van der Waals surface area (Å²) in [7, 11) is 1.65. The van der Waals surface area contributed by atoms with Gasteiger partial charge in [-0.2, -0.15) is 0 Å². The zero-order valence-corrected chi connectivity index (χ0v) is 13.0. The van der Waals surface area contributed by atoms with Crippen molar-refractivity contribution in [1.29, 1.82) is 0 Å². The summed E-state index contributed by atoms with van der Waals surface area (Å²) >= 11 is 3.54. The summed E-state index contributed by atoms with van der Waals surface area (Å²) in [5.74, 6) is 0.661. The van der Waals surface area contributed by atoms with Crippen molar-refractivity contribution in [2.45, 2.75) is 25.3 Å². The molecular weight excluding hydrogens is 316 g/mol. The lowest BCUT2D eigenvalue weighted by molar-refractivity contribution is 0.399. The fourth-order valence-corrected chi connectivity index (χ4v) is 3.14. The summed E-state index contributed by atoms with van der Waals surface area (Å²) < 4.78 is 6.46. The Morgan fingerprint density at radius 2 is 2.20 bits per heavy atom. The minimum absolute atomic E-state index is 0.432. The number of aromatic nitrogens is 1. The van der Waals surface area contributed by atoms with Crippen LogP contribution in [-0.4, -0.2) is 18.1 Å². The maximum atomic E-state index is 5.29. The monoisotopic (exact) mass is 332 g/mol. The smallest absolute Gasteiger partial charge is 0.237 e. The summed E-state index contributed by atoms with van der Waals surface area (Å²) in [6, 6.07) is 10.9. The molecular formula is C16H17BrN2O. The van der Waals surface area contributed by atoms with Crippen LogP contribution in [0, 0.1) is 0 Å². The summed E-state index contributed by atoms with van der Waals surface area (Å²) in [4.78, 5) is 4.23. The summed E-state index contributed by atoms with van der Waals surface area (Å²) in [6.45, 7) is 0. The molecule has 3 rings (SSSR count). The summed E-state index contributed by atoms with van der Waals surface area (Å²) in [5, 5.41) is 3.56. The Kier molecular flexibility index (Phi) is 3.92. The molecule has 104 valence electrons. The molecule has 2 aromatic rings. The molecule has 0 radical (unpaired) electrons. The van der Waals surface area contributed by atoms with E-state index in [1.165, 1.54) is 11.1 Å². The molecule has 0 saturated carbocycles. The number of ether oxygens (including phenoxy) is 1. The van der Waals surface area contributed by atoms with Crippen molar-refractivity contribution in [3.8, 4) is 5.88 Å². The fourth-order valence-electron chi connectivity index (χ4n) is 2.73. The number of hydrogen-bond acceptors (Lipinski definition) is 3. The second-order valence-electron chi connectivity index (χ2n) is 5.06. The highest BCUT2D eigenvalue weighted by Gasteiger charge is 2.19. The average Bonchev–Trinajstić information content (AvgIpc) is 2.48. The van der Waals surface area contributed by atoms with Gasteiger partial charge in [0.2, 0.25) is 5.88 Å². The number of benzene rings is 1. The van der Waals surface area contributed by atoms with E-state index in [9.17, 15) is 0 Å². The van der Waals surface area contributed by atoms with Crippen LogP contribution in [0.1, 0.15) is 17.5 Å². The molecule has 0 saturated heterocycles. The highest BCUT2D eigenvalue weighted by Crippen LogP contribution is 2.28. The minimum atomic E-state index is 0.432. The van der Waals surface area contributed by atoms with Crippen molar-refractivity contribution in [3.05, 3.63) is 52.1 Å². The van der Waals surface area contributed by atoms with E-state index in [0.29, 0.717) is 11.9 Å². The SMILES string of the molecule is COc1ncccc1NC1CCc2cc(Br)ccc2C1. The average molecular weight is 333 g/mol. The molecule has 1 aromatic heterocycles. The maximum Gasteiger partial charge on any atom is 0.237 e. The standard InChI is InChI=1S/C16H17BrN2O/c1-20-16-15(3-2-8-18-16)19-14-7-5-11-9-13(17)6-4-12(11)10-14/h2-4,6,8-9,14,19H,5,7,10H2,1H3. The Morgan fingerprint density at radius 1 is 1.30 bits per heavy atom. The number of nitrogens with zero attached hydrogens (tertiary/aromatic N) is 1. The Morgan fingerprint density at radius 3 is 3.05 bits per heavy atom. The van der Waals surface area contributed by atoms with Crippen LogP contribution >= 0.6 is 15.9 Å².